The Morgan fingerprint density at radius 1 is 1.52 bits per heavy atom. The largest absolute Gasteiger partial charge is 0.478 e. The summed E-state index contributed by atoms with van der Waals surface area (Å²) in [5.74, 6) is -2.38. The van der Waals surface area contributed by atoms with Crippen LogP contribution in [0.5, 0.6) is 0 Å². The normalized spacial score (nSPS) is 11.3. The number of carboxylic acids is 1. The van der Waals surface area contributed by atoms with Gasteiger partial charge < -0.3 is 15.3 Å². The Morgan fingerprint density at radius 2 is 2.19 bits per heavy atom. The molecule has 2 N–H and O–H groups in total. The summed E-state index contributed by atoms with van der Waals surface area (Å²) in [5, 5.41) is 20.2. The molecule has 0 aliphatic carbocycles. The molecule has 1 unspecified atom stereocenters. The lowest BCUT2D eigenvalue weighted by molar-refractivity contribution is 0.0697. The smallest absolute Gasteiger partial charge is 0.337 e. The van der Waals surface area contributed by atoms with Gasteiger partial charge in [-0.2, -0.15) is 5.26 Å². The van der Waals surface area contributed by atoms with Crippen LogP contribution in [0.15, 0.2) is 18.2 Å². The molecule has 0 aliphatic heterocycles. The van der Waals surface area contributed by atoms with Crippen molar-refractivity contribution < 1.29 is 19.1 Å². The predicted octanol–water partition coefficient (Wildman–Crippen LogP) is 2.54. The summed E-state index contributed by atoms with van der Waals surface area (Å²) in [7, 11) is 0. The van der Waals surface area contributed by atoms with Gasteiger partial charge in [0.15, 0.2) is 0 Å². The maximum absolute atomic E-state index is 13.1. The maximum atomic E-state index is 13.1. The van der Waals surface area contributed by atoms with Crippen molar-refractivity contribution in [1.29, 1.82) is 5.26 Å². The van der Waals surface area contributed by atoms with Crippen LogP contribution < -0.4 is 5.32 Å². The highest BCUT2D eigenvalue weighted by molar-refractivity contribution is 6.00. The second kappa shape index (κ2) is 7.24. The van der Waals surface area contributed by atoms with E-state index in [1.165, 1.54) is 11.0 Å². The van der Waals surface area contributed by atoms with Crippen LogP contribution in [-0.2, 0) is 0 Å². The second-order valence-electron chi connectivity index (χ2n) is 4.49. The van der Waals surface area contributed by atoms with E-state index in [2.05, 4.69) is 5.32 Å². The first kappa shape index (κ1) is 16.4. The monoisotopic (exact) mass is 293 g/mol. The van der Waals surface area contributed by atoms with Crippen LogP contribution in [0, 0.1) is 23.1 Å². The molecule has 21 heavy (non-hydrogen) atoms. The van der Waals surface area contributed by atoms with Gasteiger partial charge in [-0.1, -0.05) is 0 Å². The minimum absolute atomic E-state index is 0.0111. The summed E-state index contributed by atoms with van der Waals surface area (Å²) in [5.41, 5.74) is -0.315. The molecule has 1 aromatic rings. The molecule has 7 heteroatoms. The van der Waals surface area contributed by atoms with Gasteiger partial charge in [-0.25, -0.2) is 14.0 Å². The number of carboxylic acid groups (broad SMARTS) is 1. The first-order chi connectivity index (χ1) is 9.88. The van der Waals surface area contributed by atoms with Crippen LogP contribution in [0.25, 0.3) is 0 Å². The number of carbonyl (C=O) groups is 2. The number of aromatic carboxylic acids is 1. The average Bonchev–Trinajstić information content (AvgIpc) is 2.45. The van der Waals surface area contributed by atoms with Crippen LogP contribution in [0.1, 0.15) is 24.2 Å². The number of halogens is 1. The minimum atomic E-state index is -1.33. The van der Waals surface area contributed by atoms with E-state index in [0.717, 1.165) is 12.1 Å². The van der Waals surface area contributed by atoms with Gasteiger partial charge in [0.05, 0.1) is 23.2 Å². The van der Waals surface area contributed by atoms with Gasteiger partial charge in [-0.15, -0.1) is 0 Å². The Hall–Kier alpha value is -2.62. The number of carbonyl (C=O) groups excluding carboxylic acids is 1. The summed E-state index contributed by atoms with van der Waals surface area (Å²) < 4.78 is 13.1. The molecule has 2 amide bonds. The molecule has 1 aromatic carbocycles. The lowest BCUT2D eigenvalue weighted by Crippen LogP contribution is -2.37. The van der Waals surface area contributed by atoms with Crippen molar-refractivity contribution in [2.45, 2.75) is 13.8 Å². The highest BCUT2D eigenvalue weighted by atomic mass is 19.1. The number of hydrogen-bond acceptors (Lipinski definition) is 3. The number of hydrogen-bond donors (Lipinski definition) is 2. The van der Waals surface area contributed by atoms with Crippen molar-refractivity contribution in [3.8, 4) is 6.07 Å². The number of benzene rings is 1. The van der Waals surface area contributed by atoms with E-state index in [9.17, 15) is 14.0 Å². The molecule has 6 nitrogen and oxygen atoms in total. The van der Waals surface area contributed by atoms with Crippen LogP contribution in [0.3, 0.4) is 0 Å². The molecule has 1 atom stereocenters. The van der Waals surface area contributed by atoms with Crippen molar-refractivity contribution in [2.24, 2.45) is 5.92 Å². The van der Waals surface area contributed by atoms with Gasteiger partial charge in [-0.05, 0) is 32.0 Å². The molecule has 0 fully saturated rings. The van der Waals surface area contributed by atoms with E-state index in [-0.39, 0.29) is 23.7 Å². The number of nitrogens with zero attached hydrogens (tertiary/aromatic N) is 2. The number of rotatable bonds is 5. The first-order valence-electron chi connectivity index (χ1n) is 6.37. The third-order valence-corrected chi connectivity index (χ3v) is 2.84. The lowest BCUT2D eigenvalue weighted by atomic mass is 10.1. The topological polar surface area (TPSA) is 93.4 Å². The zero-order valence-electron chi connectivity index (χ0n) is 11.8. The van der Waals surface area contributed by atoms with E-state index in [4.69, 9.17) is 10.4 Å². The number of amides is 2. The van der Waals surface area contributed by atoms with Crippen LogP contribution in [0.4, 0.5) is 14.9 Å². The van der Waals surface area contributed by atoms with Crippen LogP contribution >= 0.6 is 0 Å². The third kappa shape index (κ3) is 4.45. The standard InChI is InChI=1S/C14H16FN3O3/c1-3-18(8-9(2)7-16)14(21)17-12-5-4-10(15)6-11(12)13(19)20/h4-6,9H,3,8H2,1-2H3,(H,17,21)(H,19,20). The molecular formula is C14H16FN3O3. The fourth-order valence-corrected chi connectivity index (χ4v) is 1.72. The molecule has 0 bridgehead atoms. The van der Waals surface area contributed by atoms with Crippen molar-refractivity contribution >= 4 is 17.7 Å². The predicted molar refractivity (Wildman–Crippen MR) is 74.4 cm³/mol. The highest BCUT2D eigenvalue weighted by Crippen LogP contribution is 2.18. The van der Waals surface area contributed by atoms with Crippen molar-refractivity contribution in [3.63, 3.8) is 0 Å². The Labute approximate surface area is 121 Å². The SMILES string of the molecule is CCN(CC(C)C#N)C(=O)Nc1ccc(F)cc1C(=O)O. The first-order valence-corrected chi connectivity index (χ1v) is 6.37. The van der Waals surface area contributed by atoms with E-state index in [1.54, 1.807) is 13.8 Å². The fraction of sp³-hybridized carbons (Fsp3) is 0.357. The number of anilines is 1. The highest BCUT2D eigenvalue weighted by Gasteiger charge is 2.18. The van der Waals surface area contributed by atoms with E-state index in [1.807, 2.05) is 6.07 Å². The summed E-state index contributed by atoms with van der Waals surface area (Å²) in [4.78, 5) is 24.5. The third-order valence-electron chi connectivity index (χ3n) is 2.84. The van der Waals surface area contributed by atoms with E-state index < -0.39 is 17.8 Å². The molecule has 0 saturated heterocycles. The molecule has 112 valence electrons. The summed E-state index contributed by atoms with van der Waals surface area (Å²) in [6, 6.07) is 4.58. The van der Waals surface area contributed by atoms with Gasteiger partial charge in [0.25, 0.3) is 0 Å². The molecule has 0 heterocycles. The summed E-state index contributed by atoms with van der Waals surface area (Å²) in [6.45, 7) is 4.01. The average molecular weight is 293 g/mol. The van der Waals surface area contributed by atoms with Gasteiger partial charge in [0.1, 0.15) is 5.82 Å². The summed E-state index contributed by atoms with van der Waals surface area (Å²) in [6.07, 6.45) is 0. The van der Waals surface area contributed by atoms with Crippen molar-refractivity contribution in [2.75, 3.05) is 18.4 Å². The Bertz CT molecular complexity index is 583. The Kier molecular flexibility index (Phi) is 5.67. The Balaban J connectivity index is 2.92. The molecule has 0 saturated carbocycles. The molecule has 0 aliphatic rings. The summed E-state index contributed by atoms with van der Waals surface area (Å²) >= 11 is 0. The molecule has 0 radical (unpaired) electrons. The maximum Gasteiger partial charge on any atom is 0.337 e. The van der Waals surface area contributed by atoms with Gasteiger partial charge >= 0.3 is 12.0 Å². The van der Waals surface area contributed by atoms with Crippen molar-refractivity contribution in [1.82, 2.24) is 4.90 Å². The molecule has 0 aromatic heterocycles. The van der Waals surface area contributed by atoms with Gasteiger partial charge in [0, 0.05) is 13.1 Å². The molecular weight excluding hydrogens is 277 g/mol. The second-order valence-corrected chi connectivity index (χ2v) is 4.49. The van der Waals surface area contributed by atoms with Crippen LogP contribution in [-0.4, -0.2) is 35.1 Å². The number of nitriles is 1. The fourth-order valence-electron chi connectivity index (χ4n) is 1.72. The lowest BCUT2D eigenvalue weighted by Gasteiger charge is -2.22. The molecule has 1 rings (SSSR count). The zero-order valence-corrected chi connectivity index (χ0v) is 11.8. The number of nitrogens with one attached hydrogen (secondary N) is 1. The van der Waals surface area contributed by atoms with E-state index in [0.29, 0.717) is 6.54 Å². The van der Waals surface area contributed by atoms with Crippen LogP contribution in [0.2, 0.25) is 0 Å². The number of urea groups is 1. The quantitative estimate of drug-likeness (QED) is 0.872. The van der Waals surface area contributed by atoms with Gasteiger partial charge in [-0.3, -0.25) is 0 Å². The Morgan fingerprint density at radius 3 is 2.71 bits per heavy atom. The van der Waals surface area contributed by atoms with E-state index >= 15 is 0 Å². The van der Waals surface area contributed by atoms with Gasteiger partial charge in [0.2, 0.25) is 0 Å². The minimum Gasteiger partial charge on any atom is -0.478 e. The molecule has 0 spiro atoms. The zero-order chi connectivity index (χ0) is 16.0. The van der Waals surface area contributed by atoms with Crippen molar-refractivity contribution in [3.05, 3.63) is 29.6 Å².